The van der Waals surface area contributed by atoms with Crippen molar-refractivity contribution in [3.8, 4) is 0 Å². The second kappa shape index (κ2) is 15.4. The molecule has 6 nitrogen and oxygen atoms in total. The van der Waals surface area contributed by atoms with Gasteiger partial charge in [-0.25, -0.2) is 8.42 Å². The first-order valence-electron chi connectivity index (χ1n) is 13.1. The van der Waals surface area contributed by atoms with Gasteiger partial charge in [0.1, 0.15) is 0 Å². The Hall–Kier alpha value is -1.87. The Balaban J connectivity index is 0.00000560. The second-order valence-corrected chi connectivity index (χ2v) is 15.2. The van der Waals surface area contributed by atoms with Crippen LogP contribution >= 0.6 is 12.4 Å². The number of rotatable bonds is 12. The molecule has 12 heteroatoms. The zero-order valence-electron chi connectivity index (χ0n) is 22.7. The summed E-state index contributed by atoms with van der Waals surface area (Å²) in [7, 11) is -3.29. The predicted octanol–water partition coefficient (Wildman–Crippen LogP) is 4.41. The third kappa shape index (κ3) is 10.8. The minimum absolute atomic E-state index is 0. The van der Waals surface area contributed by atoms with Crippen LogP contribution in [-0.2, 0) is 25.8 Å². The SMILES string of the molecule is CCN(C(=O)Cc1ccc(S(C)(=O)=O)cc1)C1CCN(CC[C@H]([AsH]C(=O)CC(F)(F)F)c2ccccc2)CC1.Cl. The Morgan fingerprint density at radius 3 is 2.17 bits per heavy atom. The maximum Gasteiger partial charge on any atom is -0.147 e. The quantitative estimate of drug-likeness (QED) is 0.315. The molecule has 1 saturated heterocycles. The molecule has 222 valence electrons. The minimum atomic E-state index is -4.47. The number of hydrogen-bond donors (Lipinski definition) is 0. The van der Waals surface area contributed by atoms with Crippen LogP contribution in [0.2, 0.25) is 0 Å². The van der Waals surface area contributed by atoms with Crippen molar-refractivity contribution in [2.75, 3.05) is 32.4 Å². The molecule has 0 saturated carbocycles. The van der Waals surface area contributed by atoms with Crippen LogP contribution < -0.4 is 0 Å². The van der Waals surface area contributed by atoms with E-state index in [0.717, 1.165) is 43.3 Å². The number of benzene rings is 2. The number of amides is 1. The van der Waals surface area contributed by atoms with Crippen molar-refractivity contribution in [3.63, 3.8) is 0 Å². The molecular formula is C28H37AsClF3N2O4S. The molecule has 0 N–H and O–H groups in total. The fourth-order valence-electron chi connectivity index (χ4n) is 4.97. The Kier molecular flexibility index (Phi) is 13.2. The number of likely N-dealkylation sites (tertiary alicyclic amines) is 1. The Labute approximate surface area is 247 Å². The summed E-state index contributed by atoms with van der Waals surface area (Å²) < 4.78 is 60.8. The van der Waals surface area contributed by atoms with Crippen LogP contribution in [0.4, 0.5) is 13.2 Å². The van der Waals surface area contributed by atoms with Gasteiger partial charge in [0, 0.05) is 6.26 Å². The van der Waals surface area contributed by atoms with Crippen molar-refractivity contribution < 1.29 is 31.2 Å². The van der Waals surface area contributed by atoms with Gasteiger partial charge in [-0.15, -0.1) is 12.4 Å². The minimum Gasteiger partial charge on any atom is -0.147 e. The number of carbonyl (C=O) groups is 2. The molecule has 2 aromatic carbocycles. The number of sulfone groups is 1. The predicted molar refractivity (Wildman–Crippen MR) is 154 cm³/mol. The Morgan fingerprint density at radius 1 is 1.05 bits per heavy atom. The van der Waals surface area contributed by atoms with Gasteiger partial charge in [-0.05, 0) is 12.1 Å². The number of hydrogen-bond acceptors (Lipinski definition) is 5. The van der Waals surface area contributed by atoms with Crippen molar-refractivity contribution in [3.05, 3.63) is 65.7 Å². The maximum atomic E-state index is 13.1. The van der Waals surface area contributed by atoms with Crippen molar-refractivity contribution in [1.29, 1.82) is 0 Å². The van der Waals surface area contributed by atoms with Crippen LogP contribution in [0.1, 0.15) is 48.4 Å². The molecule has 1 aliphatic rings. The normalized spacial score (nSPS) is 16.0. The molecule has 40 heavy (non-hydrogen) atoms. The van der Waals surface area contributed by atoms with Gasteiger partial charge in [-0.3, -0.25) is 0 Å². The molecule has 0 radical (unpaired) electrons. The van der Waals surface area contributed by atoms with E-state index in [4.69, 9.17) is 0 Å². The molecule has 1 amide bonds. The van der Waals surface area contributed by atoms with Gasteiger partial charge in [0.05, 0.1) is 4.90 Å². The van der Waals surface area contributed by atoms with Gasteiger partial charge in [0.2, 0.25) is 0 Å². The fraction of sp³-hybridized carbons (Fsp3) is 0.500. The first-order valence-corrected chi connectivity index (χ1v) is 17.2. The van der Waals surface area contributed by atoms with Crippen LogP contribution in [0, 0.1) is 0 Å². The van der Waals surface area contributed by atoms with E-state index < -0.39 is 42.8 Å². The molecule has 2 atom stereocenters. The van der Waals surface area contributed by atoms with Gasteiger partial charge in [0.15, 0.2) is 9.84 Å². The van der Waals surface area contributed by atoms with Gasteiger partial charge in [-0.2, -0.15) is 0 Å². The maximum absolute atomic E-state index is 13.1. The third-order valence-electron chi connectivity index (χ3n) is 7.00. The summed E-state index contributed by atoms with van der Waals surface area (Å²) in [5, 5.41) is 0. The number of piperidine rings is 1. The summed E-state index contributed by atoms with van der Waals surface area (Å²) in [6.45, 7) is 4.77. The third-order valence-corrected chi connectivity index (χ3v) is 11.2. The Bertz CT molecular complexity index is 1210. The van der Waals surface area contributed by atoms with Crippen molar-refractivity contribution in [2.24, 2.45) is 0 Å². The zero-order chi connectivity index (χ0) is 28.6. The second-order valence-electron chi connectivity index (χ2n) is 9.96. The van der Waals surface area contributed by atoms with Crippen molar-refractivity contribution in [1.82, 2.24) is 9.80 Å². The van der Waals surface area contributed by atoms with E-state index in [0.29, 0.717) is 19.5 Å². The molecule has 2 aromatic rings. The molecule has 0 spiro atoms. The molecule has 1 fully saturated rings. The monoisotopic (exact) mass is 664 g/mol. The van der Waals surface area contributed by atoms with E-state index >= 15 is 0 Å². The summed E-state index contributed by atoms with van der Waals surface area (Å²) in [4.78, 5) is 29.6. The molecule has 3 rings (SSSR count). The average Bonchev–Trinajstić information content (AvgIpc) is 2.87. The average molecular weight is 665 g/mol. The van der Waals surface area contributed by atoms with Crippen LogP contribution in [-0.4, -0.2) is 89.1 Å². The zero-order valence-corrected chi connectivity index (χ0v) is 26.4. The van der Waals surface area contributed by atoms with E-state index in [1.807, 2.05) is 42.2 Å². The summed E-state index contributed by atoms with van der Waals surface area (Å²) in [5.74, 6) is 0.000717. The molecular weight excluding hydrogens is 628 g/mol. The number of alkyl halides is 3. The molecule has 1 heterocycles. The van der Waals surface area contributed by atoms with Crippen LogP contribution in [0.25, 0.3) is 0 Å². The van der Waals surface area contributed by atoms with Crippen LogP contribution in [0.3, 0.4) is 0 Å². The fourth-order valence-corrected chi connectivity index (χ4v) is 8.38. The first-order chi connectivity index (χ1) is 18.4. The van der Waals surface area contributed by atoms with Crippen molar-refractivity contribution in [2.45, 2.75) is 60.8 Å². The smallest absolute Gasteiger partial charge is 0.147 e. The summed E-state index contributed by atoms with van der Waals surface area (Å²) in [6.07, 6.45) is -2.23. The molecule has 0 aromatic heterocycles. The first kappa shape index (κ1) is 34.3. The van der Waals surface area contributed by atoms with E-state index in [1.54, 1.807) is 12.1 Å². The van der Waals surface area contributed by atoms with Crippen LogP contribution in [0.15, 0.2) is 59.5 Å². The van der Waals surface area contributed by atoms with E-state index in [9.17, 15) is 31.2 Å². The summed E-state index contributed by atoms with van der Waals surface area (Å²) in [6, 6.07) is 15.8. The number of carbonyl (C=O) groups excluding carboxylic acids is 2. The number of likely N-dealkylation sites (N-methyl/N-ethyl adjacent to an activating group) is 1. The molecule has 1 unspecified atom stereocenters. The molecule has 1 aliphatic heterocycles. The van der Waals surface area contributed by atoms with Gasteiger partial charge >= 0.3 is 195 Å². The van der Waals surface area contributed by atoms with Gasteiger partial charge in [-0.1, -0.05) is 0 Å². The topological polar surface area (TPSA) is 74.8 Å². The largest absolute Gasteiger partial charge is 0.147 e. The van der Waals surface area contributed by atoms with Gasteiger partial charge in [0.25, 0.3) is 0 Å². The Morgan fingerprint density at radius 2 is 1.65 bits per heavy atom. The van der Waals surface area contributed by atoms with Crippen molar-refractivity contribution >= 4 is 48.5 Å². The van der Waals surface area contributed by atoms with Crippen LogP contribution in [0.5, 0.6) is 0 Å². The number of nitrogens with zero attached hydrogens (tertiary/aromatic N) is 2. The van der Waals surface area contributed by atoms with Gasteiger partial charge < -0.3 is 0 Å². The number of halogens is 4. The molecule has 0 bridgehead atoms. The van der Waals surface area contributed by atoms with E-state index in [-0.39, 0.29) is 40.4 Å². The summed E-state index contributed by atoms with van der Waals surface area (Å²) >= 11 is -1.48. The summed E-state index contributed by atoms with van der Waals surface area (Å²) in [5.41, 5.74) is 1.69. The van der Waals surface area contributed by atoms with E-state index in [1.165, 1.54) is 12.1 Å². The molecule has 0 aliphatic carbocycles. The van der Waals surface area contributed by atoms with E-state index in [2.05, 4.69) is 4.90 Å². The standard InChI is InChI=1S/C28H36AsF3N2O4S.ClH/c1-3-34(27(36)19-21-9-11-24(12-10-21)39(2,37)38)23-13-16-33(17-14-23)18-15-25(22-7-5-4-6-8-22)29-26(35)20-28(30,31)32;/h4-12,23,25,29H,3,13-20H2,1-2H3;1H/t25-;/m0./s1.